The first-order valence-electron chi connectivity index (χ1n) is 12.1. The molecule has 1 aliphatic carbocycles. The maximum atomic E-state index is 13.8. The van der Waals surface area contributed by atoms with E-state index in [2.05, 4.69) is 4.57 Å². The lowest BCUT2D eigenvalue weighted by Gasteiger charge is -2.29. The normalized spacial score (nSPS) is 18.0. The summed E-state index contributed by atoms with van der Waals surface area (Å²) in [6.07, 6.45) is 4.06. The highest BCUT2D eigenvalue weighted by molar-refractivity contribution is 7.93. The second kappa shape index (κ2) is 8.98. The molecule has 4 aromatic carbocycles. The molecule has 0 bridgehead atoms. The van der Waals surface area contributed by atoms with Gasteiger partial charge in [0.15, 0.2) is 9.84 Å². The van der Waals surface area contributed by atoms with Gasteiger partial charge in [0.1, 0.15) is 0 Å². The summed E-state index contributed by atoms with van der Waals surface area (Å²) in [6, 6.07) is 33.9. The van der Waals surface area contributed by atoms with E-state index in [0.717, 1.165) is 32.7 Å². The van der Waals surface area contributed by atoms with Gasteiger partial charge in [-0.1, -0.05) is 60.7 Å². The van der Waals surface area contributed by atoms with Crippen LogP contribution in [-0.4, -0.2) is 21.9 Å². The minimum atomic E-state index is -3.65. The van der Waals surface area contributed by atoms with Crippen LogP contribution >= 0.6 is 0 Å². The van der Waals surface area contributed by atoms with Crippen molar-refractivity contribution >= 4 is 37.6 Å². The van der Waals surface area contributed by atoms with Gasteiger partial charge < -0.3 is 4.57 Å². The highest BCUT2D eigenvalue weighted by atomic mass is 32.2. The van der Waals surface area contributed by atoms with Crippen LogP contribution in [0.25, 0.3) is 22.7 Å². The van der Waals surface area contributed by atoms with Gasteiger partial charge in [0, 0.05) is 26.6 Å². The van der Waals surface area contributed by atoms with E-state index in [1.54, 1.807) is 31.2 Å². The number of hydrogen-bond donors (Lipinski definition) is 0. The molecular weight excluding hydrogens is 498 g/mol. The van der Waals surface area contributed by atoms with E-state index < -0.39 is 25.4 Å². The molecule has 1 aliphatic rings. The number of sulfone groups is 1. The van der Waals surface area contributed by atoms with Crippen LogP contribution in [0.2, 0.25) is 0 Å². The number of hydrogen-bond acceptors (Lipinski definition) is 3. The van der Waals surface area contributed by atoms with E-state index in [-0.39, 0.29) is 0 Å². The number of aromatic nitrogens is 1. The van der Waals surface area contributed by atoms with Gasteiger partial charge in [-0.05, 0) is 79.6 Å². The van der Waals surface area contributed by atoms with E-state index >= 15 is 0 Å². The molecule has 6 rings (SSSR count). The average Bonchev–Trinajstić information content (AvgIpc) is 3.26. The Bertz CT molecular complexity index is 1770. The van der Waals surface area contributed by atoms with Gasteiger partial charge in [0.05, 0.1) is 26.0 Å². The van der Waals surface area contributed by atoms with Gasteiger partial charge in [-0.25, -0.2) is 12.6 Å². The SMILES string of the molecule is CC1(S(=O)(=O)c2ccccc2)C=Cc2c(c3cc(S(=O)c4ccccc4)ccc3n2-c2ccccc2)C1. The molecule has 2 unspecified atom stereocenters. The molecule has 5 aromatic rings. The third kappa shape index (κ3) is 3.88. The zero-order chi connectivity index (χ0) is 25.6. The second-order valence-corrected chi connectivity index (χ2v) is 13.3. The molecule has 1 aromatic heterocycles. The fourth-order valence-corrected chi connectivity index (χ4v) is 7.81. The van der Waals surface area contributed by atoms with Gasteiger partial charge in [-0.15, -0.1) is 0 Å². The molecule has 0 saturated heterocycles. The summed E-state index contributed by atoms with van der Waals surface area (Å²) in [5, 5.41) is 0.916. The van der Waals surface area contributed by atoms with Crippen molar-refractivity contribution in [2.75, 3.05) is 0 Å². The molecule has 0 saturated carbocycles. The fourth-order valence-electron chi connectivity index (χ4n) is 5.08. The Morgan fingerprint density at radius 3 is 2.08 bits per heavy atom. The molecule has 6 heteroatoms. The highest BCUT2D eigenvalue weighted by Gasteiger charge is 2.42. The van der Waals surface area contributed by atoms with Gasteiger partial charge in [0.2, 0.25) is 0 Å². The summed E-state index contributed by atoms with van der Waals surface area (Å²) >= 11 is 0. The van der Waals surface area contributed by atoms with Crippen LogP contribution in [-0.2, 0) is 27.1 Å². The van der Waals surface area contributed by atoms with E-state index in [1.807, 2.05) is 97.1 Å². The molecule has 0 aliphatic heterocycles. The lowest BCUT2D eigenvalue weighted by molar-refractivity contribution is 0.560. The first-order valence-corrected chi connectivity index (χ1v) is 14.7. The molecule has 4 nitrogen and oxygen atoms in total. The Morgan fingerprint density at radius 1 is 0.784 bits per heavy atom. The monoisotopic (exact) mass is 523 g/mol. The van der Waals surface area contributed by atoms with E-state index in [1.165, 1.54) is 0 Å². The maximum Gasteiger partial charge on any atom is 0.187 e. The summed E-state index contributed by atoms with van der Waals surface area (Å²) in [5.41, 5.74) is 3.83. The van der Waals surface area contributed by atoms with Gasteiger partial charge >= 0.3 is 0 Å². The zero-order valence-corrected chi connectivity index (χ0v) is 21.9. The summed E-state index contributed by atoms with van der Waals surface area (Å²) in [7, 11) is -5.00. The van der Waals surface area contributed by atoms with Crippen LogP contribution in [0.5, 0.6) is 0 Å². The van der Waals surface area contributed by atoms with Crippen molar-refractivity contribution in [3.8, 4) is 5.69 Å². The van der Waals surface area contributed by atoms with Crippen LogP contribution in [0.3, 0.4) is 0 Å². The standard InChI is InChI=1S/C31H25NO3S2/c1-31(37(34,35)26-15-9-4-10-16-26)20-19-30-28(22-31)27-21-25(36(33)24-13-7-3-8-14-24)17-18-29(27)32(30)23-11-5-2-6-12-23/h2-21H,22H2,1H3. The zero-order valence-electron chi connectivity index (χ0n) is 20.2. The van der Waals surface area contributed by atoms with Crippen molar-refractivity contribution in [2.24, 2.45) is 0 Å². The average molecular weight is 524 g/mol. The molecule has 0 spiro atoms. The molecule has 2 atom stereocenters. The van der Waals surface area contributed by atoms with Crippen LogP contribution in [0.15, 0.2) is 130 Å². The molecule has 0 fully saturated rings. The Balaban J connectivity index is 1.56. The molecule has 0 amide bonds. The molecule has 0 radical (unpaired) electrons. The summed E-state index contributed by atoms with van der Waals surface area (Å²) < 4.78 is 42.0. The first-order chi connectivity index (χ1) is 17.9. The van der Waals surface area contributed by atoms with E-state index in [4.69, 9.17) is 0 Å². The smallest absolute Gasteiger partial charge is 0.187 e. The number of nitrogens with zero attached hydrogens (tertiary/aromatic N) is 1. The fraction of sp³-hybridized carbons (Fsp3) is 0.0968. The van der Waals surface area contributed by atoms with E-state index in [9.17, 15) is 12.6 Å². The predicted octanol–water partition coefficient (Wildman–Crippen LogP) is 6.60. The van der Waals surface area contributed by atoms with Crippen molar-refractivity contribution in [1.29, 1.82) is 0 Å². The molecule has 37 heavy (non-hydrogen) atoms. The van der Waals surface area contributed by atoms with Crippen molar-refractivity contribution in [1.82, 2.24) is 4.57 Å². The quantitative estimate of drug-likeness (QED) is 0.261. The largest absolute Gasteiger partial charge is 0.310 e. The second-order valence-electron chi connectivity index (χ2n) is 9.43. The topological polar surface area (TPSA) is 56.1 Å². The lowest BCUT2D eigenvalue weighted by Crippen LogP contribution is -2.37. The molecular formula is C31H25NO3S2. The lowest BCUT2D eigenvalue weighted by atomic mass is 9.92. The van der Waals surface area contributed by atoms with Crippen molar-refractivity contribution in [3.63, 3.8) is 0 Å². The van der Waals surface area contributed by atoms with Gasteiger partial charge in [-0.3, -0.25) is 0 Å². The number of fused-ring (bicyclic) bond motifs is 3. The van der Waals surface area contributed by atoms with Crippen molar-refractivity contribution < 1.29 is 12.6 Å². The van der Waals surface area contributed by atoms with E-state index in [0.29, 0.717) is 16.2 Å². The van der Waals surface area contributed by atoms with Crippen molar-refractivity contribution in [3.05, 3.63) is 127 Å². The molecule has 1 heterocycles. The molecule has 184 valence electrons. The van der Waals surface area contributed by atoms with Crippen LogP contribution in [0, 0.1) is 0 Å². The Morgan fingerprint density at radius 2 is 1.41 bits per heavy atom. The minimum absolute atomic E-state index is 0.309. The van der Waals surface area contributed by atoms with Gasteiger partial charge in [-0.2, -0.15) is 0 Å². The van der Waals surface area contributed by atoms with Crippen LogP contribution in [0.4, 0.5) is 0 Å². The van der Waals surface area contributed by atoms with Crippen LogP contribution < -0.4 is 0 Å². The summed E-state index contributed by atoms with van der Waals surface area (Å²) in [6.45, 7) is 1.78. The first kappa shape index (κ1) is 23.6. The highest BCUT2D eigenvalue weighted by Crippen LogP contribution is 2.41. The van der Waals surface area contributed by atoms with Crippen molar-refractivity contribution in [2.45, 2.75) is 32.8 Å². The maximum absolute atomic E-state index is 13.8. The predicted molar refractivity (Wildman–Crippen MR) is 149 cm³/mol. The Hall–Kier alpha value is -3.74. The summed E-state index contributed by atoms with van der Waals surface area (Å²) in [5.74, 6) is 0. The number of rotatable bonds is 5. The Labute approximate surface area is 219 Å². The number of benzene rings is 4. The summed E-state index contributed by atoms with van der Waals surface area (Å²) in [4.78, 5) is 1.73. The third-order valence-electron chi connectivity index (χ3n) is 7.06. The third-order valence-corrected chi connectivity index (χ3v) is 10.8. The van der Waals surface area contributed by atoms with Gasteiger partial charge in [0.25, 0.3) is 0 Å². The number of para-hydroxylation sites is 1. The molecule has 0 N–H and O–H groups in total. The van der Waals surface area contributed by atoms with Crippen LogP contribution in [0.1, 0.15) is 18.2 Å². The minimum Gasteiger partial charge on any atom is -0.310 e. The Kier molecular flexibility index (Phi) is 5.74.